The van der Waals surface area contributed by atoms with Gasteiger partial charge >= 0.3 is 0 Å². The molecule has 2 nitrogen and oxygen atoms in total. The van der Waals surface area contributed by atoms with Gasteiger partial charge in [-0.1, -0.05) is 13.3 Å². The maximum atomic E-state index is 11.0. The highest BCUT2D eigenvalue weighted by atomic mass is 16.3. The monoisotopic (exact) mass is 142 g/mol. The third-order valence-electron chi connectivity index (χ3n) is 2.47. The number of rotatable bonds is 2. The molecule has 0 amide bonds. The molecule has 0 radical (unpaired) electrons. The lowest BCUT2D eigenvalue weighted by atomic mass is 9.94. The number of carbonyl (C=O) groups excluding carboxylic acids is 1. The van der Waals surface area contributed by atoms with E-state index in [-0.39, 0.29) is 18.3 Å². The van der Waals surface area contributed by atoms with Gasteiger partial charge in [0.25, 0.3) is 0 Å². The summed E-state index contributed by atoms with van der Waals surface area (Å²) in [5.74, 6) is 0.678. The van der Waals surface area contributed by atoms with Gasteiger partial charge in [-0.05, 0) is 12.3 Å². The summed E-state index contributed by atoms with van der Waals surface area (Å²) in [5, 5.41) is 8.82. The minimum absolute atomic E-state index is 0.0370. The molecule has 1 aliphatic rings. The van der Waals surface area contributed by atoms with Gasteiger partial charge in [-0.25, -0.2) is 0 Å². The predicted octanol–water partition coefficient (Wildman–Crippen LogP) is 0.984. The fraction of sp³-hybridized carbons (Fsp3) is 0.875. The average Bonchev–Trinajstić information content (AvgIpc) is 2.30. The van der Waals surface area contributed by atoms with E-state index in [0.29, 0.717) is 12.3 Å². The summed E-state index contributed by atoms with van der Waals surface area (Å²) < 4.78 is 0. The fourth-order valence-corrected chi connectivity index (χ4v) is 1.72. The molecular weight excluding hydrogens is 128 g/mol. The molecule has 0 aliphatic heterocycles. The van der Waals surface area contributed by atoms with Crippen molar-refractivity contribution in [2.45, 2.75) is 26.2 Å². The van der Waals surface area contributed by atoms with E-state index in [1.807, 2.05) is 0 Å². The first-order valence-electron chi connectivity index (χ1n) is 3.93. The summed E-state index contributed by atoms with van der Waals surface area (Å²) in [6.45, 7) is 2.13. The maximum Gasteiger partial charge on any atom is 0.138 e. The number of Topliss-reactive ketones (excluding diaryl/α,β-unsaturated/α-hetero) is 1. The van der Waals surface area contributed by atoms with E-state index in [1.165, 1.54) is 0 Å². The lowest BCUT2D eigenvalue weighted by molar-refractivity contribution is -0.122. The number of hydrogen-bond donors (Lipinski definition) is 1. The number of hydrogen-bond acceptors (Lipinski definition) is 2. The minimum atomic E-state index is -0.0370. The largest absolute Gasteiger partial charge is 0.396 e. The Labute approximate surface area is 61.2 Å². The molecule has 1 saturated carbocycles. The summed E-state index contributed by atoms with van der Waals surface area (Å²) in [6, 6.07) is 0. The van der Waals surface area contributed by atoms with Crippen molar-refractivity contribution in [1.82, 2.24) is 0 Å². The quantitative estimate of drug-likeness (QED) is 0.624. The van der Waals surface area contributed by atoms with Crippen molar-refractivity contribution in [3.8, 4) is 0 Å². The normalized spacial score (nSPS) is 33.2. The van der Waals surface area contributed by atoms with Crippen LogP contribution in [0.4, 0.5) is 0 Å². The Bertz CT molecular complexity index is 131. The smallest absolute Gasteiger partial charge is 0.138 e. The van der Waals surface area contributed by atoms with Crippen LogP contribution in [0.1, 0.15) is 26.2 Å². The third kappa shape index (κ3) is 1.21. The molecule has 0 aromatic rings. The summed E-state index contributed by atoms with van der Waals surface area (Å²) in [7, 11) is 0. The summed E-state index contributed by atoms with van der Waals surface area (Å²) in [5.41, 5.74) is 0. The van der Waals surface area contributed by atoms with E-state index in [2.05, 4.69) is 6.92 Å². The standard InChI is InChI=1S/C8H14O2/c1-2-6-3-4-8(10)7(6)5-9/h6-7,9H,2-5H2,1H3. The van der Waals surface area contributed by atoms with Crippen molar-refractivity contribution in [2.75, 3.05) is 6.61 Å². The Hall–Kier alpha value is -0.370. The van der Waals surface area contributed by atoms with Gasteiger partial charge < -0.3 is 5.11 Å². The number of aliphatic hydroxyl groups is 1. The van der Waals surface area contributed by atoms with E-state index in [0.717, 1.165) is 12.8 Å². The molecule has 2 atom stereocenters. The molecule has 0 saturated heterocycles. The molecule has 1 aliphatic carbocycles. The Balaban J connectivity index is 2.54. The number of ketones is 1. The molecule has 0 bridgehead atoms. The van der Waals surface area contributed by atoms with E-state index in [9.17, 15) is 4.79 Å². The van der Waals surface area contributed by atoms with Crippen molar-refractivity contribution >= 4 is 5.78 Å². The van der Waals surface area contributed by atoms with Gasteiger partial charge in [0.2, 0.25) is 0 Å². The van der Waals surface area contributed by atoms with Crippen molar-refractivity contribution < 1.29 is 9.90 Å². The van der Waals surface area contributed by atoms with Gasteiger partial charge in [0.15, 0.2) is 0 Å². The zero-order chi connectivity index (χ0) is 7.56. The van der Waals surface area contributed by atoms with E-state index in [4.69, 9.17) is 5.11 Å². The minimum Gasteiger partial charge on any atom is -0.396 e. The van der Waals surface area contributed by atoms with Gasteiger partial charge in [0.05, 0.1) is 6.61 Å². The molecule has 1 fully saturated rings. The maximum absolute atomic E-state index is 11.0. The van der Waals surface area contributed by atoms with Crippen LogP contribution in [0.15, 0.2) is 0 Å². The lowest BCUT2D eigenvalue weighted by Gasteiger charge is -2.12. The van der Waals surface area contributed by atoms with Crippen LogP contribution >= 0.6 is 0 Å². The third-order valence-corrected chi connectivity index (χ3v) is 2.47. The fourth-order valence-electron chi connectivity index (χ4n) is 1.72. The Morgan fingerprint density at radius 3 is 2.80 bits per heavy atom. The van der Waals surface area contributed by atoms with E-state index >= 15 is 0 Å². The van der Waals surface area contributed by atoms with Gasteiger partial charge in [-0.15, -0.1) is 0 Å². The average molecular weight is 142 g/mol. The molecule has 0 heterocycles. The van der Waals surface area contributed by atoms with Crippen LogP contribution in [0, 0.1) is 11.8 Å². The Morgan fingerprint density at radius 1 is 1.70 bits per heavy atom. The molecule has 58 valence electrons. The highest BCUT2D eigenvalue weighted by Crippen LogP contribution is 2.30. The SMILES string of the molecule is CCC1CCC(=O)C1CO. The second-order valence-corrected chi connectivity index (χ2v) is 2.96. The molecule has 0 aromatic heterocycles. The first-order valence-corrected chi connectivity index (χ1v) is 3.93. The summed E-state index contributed by atoms with van der Waals surface area (Å²) >= 11 is 0. The van der Waals surface area contributed by atoms with Crippen molar-refractivity contribution in [3.05, 3.63) is 0 Å². The van der Waals surface area contributed by atoms with Crippen LogP contribution in [0.3, 0.4) is 0 Å². The first kappa shape index (κ1) is 7.73. The van der Waals surface area contributed by atoms with Crippen molar-refractivity contribution in [3.63, 3.8) is 0 Å². The Morgan fingerprint density at radius 2 is 2.40 bits per heavy atom. The lowest BCUT2D eigenvalue weighted by Crippen LogP contribution is -2.18. The summed E-state index contributed by atoms with van der Waals surface area (Å²) in [6.07, 6.45) is 2.70. The molecule has 2 unspecified atom stereocenters. The molecule has 0 aromatic carbocycles. The molecule has 10 heavy (non-hydrogen) atoms. The van der Waals surface area contributed by atoms with Crippen molar-refractivity contribution in [1.29, 1.82) is 0 Å². The zero-order valence-electron chi connectivity index (χ0n) is 6.34. The van der Waals surface area contributed by atoms with E-state index in [1.54, 1.807) is 0 Å². The first-order chi connectivity index (χ1) is 4.79. The molecular formula is C8H14O2. The van der Waals surface area contributed by atoms with Crippen LogP contribution < -0.4 is 0 Å². The topological polar surface area (TPSA) is 37.3 Å². The molecule has 0 spiro atoms. The molecule has 1 N–H and O–H groups in total. The zero-order valence-corrected chi connectivity index (χ0v) is 6.34. The molecule has 1 rings (SSSR count). The van der Waals surface area contributed by atoms with Crippen LogP contribution in [-0.2, 0) is 4.79 Å². The number of carbonyl (C=O) groups is 1. The molecule has 2 heteroatoms. The second kappa shape index (κ2) is 3.15. The van der Waals surface area contributed by atoms with Crippen molar-refractivity contribution in [2.24, 2.45) is 11.8 Å². The number of aliphatic hydroxyl groups excluding tert-OH is 1. The second-order valence-electron chi connectivity index (χ2n) is 2.96. The highest BCUT2D eigenvalue weighted by molar-refractivity contribution is 5.83. The highest BCUT2D eigenvalue weighted by Gasteiger charge is 2.32. The van der Waals surface area contributed by atoms with Crippen LogP contribution in [0.2, 0.25) is 0 Å². The predicted molar refractivity (Wildman–Crippen MR) is 38.6 cm³/mol. The van der Waals surface area contributed by atoms with Gasteiger partial charge in [0, 0.05) is 12.3 Å². The Kier molecular flexibility index (Phi) is 2.44. The van der Waals surface area contributed by atoms with E-state index < -0.39 is 0 Å². The van der Waals surface area contributed by atoms with Gasteiger partial charge in [0.1, 0.15) is 5.78 Å². The summed E-state index contributed by atoms with van der Waals surface area (Å²) in [4.78, 5) is 11.0. The van der Waals surface area contributed by atoms with Crippen LogP contribution in [0.25, 0.3) is 0 Å². The van der Waals surface area contributed by atoms with Crippen LogP contribution in [-0.4, -0.2) is 17.5 Å². The van der Waals surface area contributed by atoms with Gasteiger partial charge in [-0.3, -0.25) is 4.79 Å². The van der Waals surface area contributed by atoms with Crippen LogP contribution in [0.5, 0.6) is 0 Å². The van der Waals surface area contributed by atoms with Gasteiger partial charge in [-0.2, -0.15) is 0 Å².